The average Bonchev–Trinajstić information content (AvgIpc) is 3.37. The fourth-order valence-corrected chi connectivity index (χ4v) is 5.21. The molecule has 0 unspecified atom stereocenters. The van der Waals surface area contributed by atoms with Crippen molar-refractivity contribution in [3.8, 4) is 0 Å². The van der Waals surface area contributed by atoms with E-state index >= 15 is 0 Å². The van der Waals surface area contributed by atoms with Gasteiger partial charge in [-0.05, 0) is 64.0 Å². The molecule has 3 aromatic heterocycles. The third-order valence-electron chi connectivity index (χ3n) is 7.46. The Morgan fingerprint density at radius 3 is 2.47 bits per heavy atom. The van der Waals surface area contributed by atoms with Crippen LogP contribution in [-0.2, 0) is 4.79 Å². The molecule has 2 amide bonds. The smallest absolute Gasteiger partial charge is 0.276 e. The van der Waals surface area contributed by atoms with Gasteiger partial charge in [0.15, 0.2) is 17.2 Å². The second-order valence-electron chi connectivity index (χ2n) is 10.4. The molecule has 5 N–H and O–H groups in total. The van der Waals surface area contributed by atoms with Crippen LogP contribution in [0.15, 0.2) is 30.7 Å². The molecule has 6 rings (SSSR count). The number of amides is 2. The largest absolute Gasteiger partial charge is 0.379 e. The molecule has 0 spiro atoms. The molecular formula is C26H32FN9O2. The molecule has 1 atom stereocenters. The third kappa shape index (κ3) is 5.40. The van der Waals surface area contributed by atoms with Crippen molar-refractivity contribution in [3.63, 3.8) is 0 Å². The van der Waals surface area contributed by atoms with Crippen molar-refractivity contribution in [3.05, 3.63) is 42.2 Å². The van der Waals surface area contributed by atoms with Crippen LogP contribution in [0.5, 0.6) is 0 Å². The number of carbonyl (C=O) groups is 2. The summed E-state index contributed by atoms with van der Waals surface area (Å²) in [6.07, 6.45) is 11.6. The van der Waals surface area contributed by atoms with Gasteiger partial charge in [0.2, 0.25) is 5.91 Å². The first-order chi connectivity index (χ1) is 18.5. The molecule has 3 aromatic rings. The van der Waals surface area contributed by atoms with Crippen molar-refractivity contribution in [2.75, 3.05) is 22.5 Å². The molecule has 200 valence electrons. The Bertz CT molecular complexity index is 1330. The molecule has 3 fully saturated rings. The van der Waals surface area contributed by atoms with Gasteiger partial charge in [0.05, 0.1) is 29.8 Å². The first-order valence-corrected chi connectivity index (χ1v) is 13.4. The minimum atomic E-state index is -0.618. The van der Waals surface area contributed by atoms with Crippen molar-refractivity contribution in [2.24, 2.45) is 0 Å². The number of fused-ring (bicyclic) bond motifs is 1. The molecular weight excluding hydrogens is 489 g/mol. The summed E-state index contributed by atoms with van der Waals surface area (Å²) in [4.78, 5) is 33.7. The van der Waals surface area contributed by atoms with Crippen LogP contribution in [0, 0.1) is 5.82 Å². The van der Waals surface area contributed by atoms with Crippen molar-refractivity contribution in [2.45, 2.75) is 75.5 Å². The topological polar surface area (TPSA) is 137 Å². The number of hydrogen-bond donors (Lipinski definition) is 5. The molecule has 3 aliphatic rings. The number of nitrogens with one attached hydrogen (secondary N) is 5. The standard InChI is InChI=1S/C26H32FN9O2/c27-18-13-28-11-9-19(18)34-26(38)22-14-30-24-21(31-15-3-4-15)12-23(35-36(22)24)32-16-5-7-17(8-6-16)33-25(37)20-2-1-10-29-20/h9,11-17,20,29,31H,1-8,10H2,(H,32,35)(H,33,37)(H,28,34,38)/t16?,17?,20-/m0/s1. The van der Waals surface area contributed by atoms with E-state index in [0.717, 1.165) is 69.8 Å². The summed E-state index contributed by atoms with van der Waals surface area (Å²) in [5.41, 5.74) is 1.57. The van der Waals surface area contributed by atoms with Gasteiger partial charge in [-0.3, -0.25) is 14.6 Å². The second-order valence-corrected chi connectivity index (χ2v) is 10.4. The predicted molar refractivity (Wildman–Crippen MR) is 141 cm³/mol. The fraction of sp³-hybridized carbons (Fsp3) is 0.500. The summed E-state index contributed by atoms with van der Waals surface area (Å²) in [6.45, 7) is 0.907. The maximum atomic E-state index is 14.1. The van der Waals surface area contributed by atoms with E-state index in [1.54, 1.807) is 0 Å². The Labute approximate surface area is 219 Å². The summed E-state index contributed by atoms with van der Waals surface area (Å²) in [7, 11) is 0. The Hall–Kier alpha value is -3.80. The van der Waals surface area contributed by atoms with Crippen LogP contribution in [0.1, 0.15) is 61.9 Å². The maximum Gasteiger partial charge on any atom is 0.276 e. The molecule has 1 aliphatic heterocycles. The zero-order valence-electron chi connectivity index (χ0n) is 21.0. The Balaban J connectivity index is 1.16. The van der Waals surface area contributed by atoms with Crippen LogP contribution in [0.3, 0.4) is 0 Å². The Morgan fingerprint density at radius 2 is 1.74 bits per heavy atom. The molecule has 11 nitrogen and oxygen atoms in total. The number of hydrogen-bond acceptors (Lipinski definition) is 8. The van der Waals surface area contributed by atoms with E-state index in [-0.39, 0.29) is 35.4 Å². The summed E-state index contributed by atoms with van der Waals surface area (Å²) in [5.74, 6) is -0.394. The summed E-state index contributed by atoms with van der Waals surface area (Å²) < 4.78 is 15.6. The molecule has 4 heterocycles. The lowest BCUT2D eigenvalue weighted by Crippen LogP contribution is -2.47. The zero-order chi connectivity index (χ0) is 26.1. The molecule has 0 radical (unpaired) electrons. The number of pyridine rings is 1. The van der Waals surface area contributed by atoms with E-state index in [1.807, 2.05) is 6.07 Å². The number of carbonyl (C=O) groups excluding carboxylic acids is 2. The fourth-order valence-electron chi connectivity index (χ4n) is 5.21. The number of imidazole rings is 1. The highest BCUT2D eigenvalue weighted by Gasteiger charge is 2.28. The van der Waals surface area contributed by atoms with Gasteiger partial charge < -0.3 is 26.6 Å². The summed E-state index contributed by atoms with van der Waals surface area (Å²) in [5, 5.41) is 20.7. The molecule has 2 aliphatic carbocycles. The summed E-state index contributed by atoms with van der Waals surface area (Å²) in [6, 6.07) is 4.03. The van der Waals surface area contributed by atoms with Gasteiger partial charge >= 0.3 is 0 Å². The van der Waals surface area contributed by atoms with Gasteiger partial charge in [-0.25, -0.2) is 13.9 Å². The number of nitrogens with zero attached hydrogens (tertiary/aromatic N) is 4. The van der Waals surface area contributed by atoms with Gasteiger partial charge in [-0.1, -0.05) is 0 Å². The first kappa shape index (κ1) is 24.5. The van der Waals surface area contributed by atoms with Crippen LogP contribution >= 0.6 is 0 Å². The van der Waals surface area contributed by atoms with Crippen molar-refractivity contribution < 1.29 is 14.0 Å². The second kappa shape index (κ2) is 10.5. The quantitative estimate of drug-likeness (QED) is 0.305. The van der Waals surface area contributed by atoms with Crippen molar-refractivity contribution >= 4 is 34.7 Å². The summed E-state index contributed by atoms with van der Waals surface area (Å²) >= 11 is 0. The third-order valence-corrected chi connectivity index (χ3v) is 7.46. The lowest BCUT2D eigenvalue weighted by Gasteiger charge is -2.30. The zero-order valence-corrected chi connectivity index (χ0v) is 21.0. The monoisotopic (exact) mass is 521 g/mol. The number of aromatic nitrogens is 4. The normalized spacial score (nSPS) is 23.2. The Morgan fingerprint density at radius 1 is 0.974 bits per heavy atom. The average molecular weight is 522 g/mol. The Kier molecular flexibility index (Phi) is 6.79. The van der Waals surface area contributed by atoms with E-state index in [9.17, 15) is 14.0 Å². The predicted octanol–water partition coefficient (Wildman–Crippen LogP) is 2.68. The van der Waals surface area contributed by atoms with Crippen LogP contribution in [0.4, 0.5) is 21.6 Å². The molecule has 0 aromatic carbocycles. The van der Waals surface area contributed by atoms with E-state index in [2.05, 4.69) is 41.7 Å². The van der Waals surface area contributed by atoms with Crippen LogP contribution in [-0.4, -0.2) is 62.1 Å². The lowest BCUT2D eigenvalue weighted by atomic mass is 9.91. The van der Waals surface area contributed by atoms with E-state index < -0.39 is 11.7 Å². The molecule has 0 bridgehead atoms. The minimum absolute atomic E-state index is 0.0399. The van der Waals surface area contributed by atoms with Gasteiger partial charge in [-0.2, -0.15) is 0 Å². The highest BCUT2D eigenvalue weighted by Crippen LogP contribution is 2.30. The van der Waals surface area contributed by atoms with Crippen LogP contribution in [0.25, 0.3) is 5.65 Å². The number of halogens is 1. The number of rotatable bonds is 8. The van der Waals surface area contributed by atoms with Gasteiger partial charge in [-0.15, -0.1) is 5.10 Å². The SMILES string of the molecule is O=C(Nc1ccncc1F)c1cnc2c(NC3CC3)cc(NC3CCC(NC(=O)[C@@H]4CCCN4)CC3)nn12. The molecule has 12 heteroatoms. The van der Waals surface area contributed by atoms with Crippen LogP contribution in [0.2, 0.25) is 0 Å². The van der Waals surface area contributed by atoms with E-state index in [0.29, 0.717) is 17.5 Å². The molecule has 1 saturated heterocycles. The van der Waals surface area contributed by atoms with Gasteiger partial charge in [0.1, 0.15) is 5.82 Å². The van der Waals surface area contributed by atoms with E-state index in [4.69, 9.17) is 0 Å². The molecule has 38 heavy (non-hydrogen) atoms. The van der Waals surface area contributed by atoms with Gasteiger partial charge in [0.25, 0.3) is 5.91 Å². The maximum absolute atomic E-state index is 14.1. The minimum Gasteiger partial charge on any atom is -0.379 e. The highest BCUT2D eigenvalue weighted by molar-refractivity contribution is 6.03. The first-order valence-electron chi connectivity index (χ1n) is 13.4. The van der Waals surface area contributed by atoms with Crippen LogP contribution < -0.4 is 26.6 Å². The van der Waals surface area contributed by atoms with Crippen molar-refractivity contribution in [1.29, 1.82) is 0 Å². The molecule has 2 saturated carbocycles. The number of anilines is 3. The van der Waals surface area contributed by atoms with E-state index in [1.165, 1.54) is 23.0 Å². The van der Waals surface area contributed by atoms with Crippen molar-refractivity contribution in [1.82, 2.24) is 30.2 Å². The van der Waals surface area contributed by atoms with Gasteiger partial charge in [0, 0.05) is 30.4 Å². The highest BCUT2D eigenvalue weighted by atomic mass is 19.1. The lowest BCUT2D eigenvalue weighted by molar-refractivity contribution is -0.123.